The quantitative estimate of drug-likeness (QED) is 0.230. The topological polar surface area (TPSA) is 18.5 Å². The fourth-order valence-electron chi connectivity index (χ4n) is 1.69. The Bertz CT molecular complexity index is 660. The molecule has 0 radical (unpaired) electrons. The second kappa shape index (κ2) is 9.03. The van der Waals surface area contributed by atoms with Gasteiger partial charge in [0.25, 0.3) is 0 Å². The van der Waals surface area contributed by atoms with Crippen LogP contribution in [0.25, 0.3) is 0 Å². The van der Waals surface area contributed by atoms with E-state index in [1.165, 1.54) is 0 Å². The van der Waals surface area contributed by atoms with E-state index in [9.17, 15) is 0 Å². The molecule has 0 fully saturated rings. The molecule has 124 valence electrons. The van der Waals surface area contributed by atoms with E-state index in [-0.39, 0.29) is 0 Å². The highest BCUT2D eigenvalue weighted by Gasteiger charge is 2.19. The summed E-state index contributed by atoms with van der Waals surface area (Å²) in [7, 11) is 0. The van der Waals surface area contributed by atoms with Crippen LogP contribution >= 0.6 is 95.6 Å². The third-order valence-corrected chi connectivity index (χ3v) is 8.05. The van der Waals surface area contributed by atoms with E-state index < -0.39 is 6.29 Å². The monoisotopic (exact) mass is 696 g/mol. The molecule has 2 rings (SSSR count). The molecule has 23 heavy (non-hydrogen) atoms. The van der Waals surface area contributed by atoms with Gasteiger partial charge in [-0.3, -0.25) is 0 Å². The van der Waals surface area contributed by atoms with Crippen molar-refractivity contribution in [3.8, 4) is 11.5 Å². The molecule has 0 aliphatic carbocycles. The van der Waals surface area contributed by atoms with E-state index in [0.717, 1.165) is 26.8 Å². The van der Waals surface area contributed by atoms with Gasteiger partial charge < -0.3 is 9.47 Å². The van der Waals surface area contributed by atoms with Gasteiger partial charge in [-0.05, 0) is 120 Å². The lowest BCUT2D eigenvalue weighted by Crippen LogP contribution is -2.23. The fraction of sp³-hybridized carbons (Fsp3) is 0.200. The highest BCUT2D eigenvalue weighted by Crippen LogP contribution is 2.42. The molecule has 8 heteroatoms. The molecular formula is C15H10Br6O2. The smallest absolute Gasteiger partial charge is 0.241 e. The Hall–Kier alpha value is 0.920. The minimum atomic E-state index is -0.446. The summed E-state index contributed by atoms with van der Waals surface area (Å²) in [6, 6.07) is 7.71. The van der Waals surface area contributed by atoms with E-state index in [1.807, 2.05) is 31.2 Å². The fourth-order valence-corrected chi connectivity index (χ4v) is 4.57. The minimum Gasteiger partial charge on any atom is -0.453 e. The molecule has 0 bridgehead atoms. The van der Waals surface area contributed by atoms with Gasteiger partial charge in [-0.25, -0.2) is 0 Å². The molecule has 0 saturated carbocycles. The van der Waals surface area contributed by atoms with Gasteiger partial charge in [0.15, 0.2) is 11.5 Å². The van der Waals surface area contributed by atoms with Crippen molar-refractivity contribution in [2.24, 2.45) is 0 Å². The first-order chi connectivity index (χ1) is 10.8. The average Bonchev–Trinajstić information content (AvgIpc) is 2.53. The average molecular weight is 702 g/mol. The third kappa shape index (κ3) is 4.97. The van der Waals surface area contributed by atoms with Crippen molar-refractivity contribution < 1.29 is 9.47 Å². The molecule has 0 aliphatic rings. The molecule has 0 atom stereocenters. The zero-order valence-electron chi connectivity index (χ0n) is 11.7. The van der Waals surface area contributed by atoms with Crippen LogP contribution in [-0.2, 0) is 0 Å². The summed E-state index contributed by atoms with van der Waals surface area (Å²) in [5.41, 5.74) is 0. The summed E-state index contributed by atoms with van der Waals surface area (Å²) < 4.78 is 17.3. The maximum absolute atomic E-state index is 6.06. The molecule has 0 spiro atoms. The molecule has 0 N–H and O–H groups in total. The summed E-state index contributed by atoms with van der Waals surface area (Å²) in [4.78, 5) is 0. The predicted octanol–water partition coefficient (Wildman–Crippen LogP) is 8.46. The number of benzene rings is 2. The molecule has 0 aliphatic heterocycles. The Morgan fingerprint density at radius 3 is 1.39 bits per heavy atom. The standard InChI is InChI=1S/C15H10Br6O2/c1-2-11(22-14-9(18)5-3-7(16)12(14)20)23-15-10(19)6-4-8(17)13(15)21/h3-6,11H,2H2,1H3. The molecule has 0 saturated heterocycles. The number of halogens is 6. The van der Waals surface area contributed by atoms with Crippen molar-refractivity contribution in [2.75, 3.05) is 0 Å². The molecular weight excluding hydrogens is 692 g/mol. The van der Waals surface area contributed by atoms with Crippen LogP contribution in [0.2, 0.25) is 0 Å². The van der Waals surface area contributed by atoms with Gasteiger partial charge in [-0.2, -0.15) is 0 Å². The van der Waals surface area contributed by atoms with Gasteiger partial charge in [0.05, 0.1) is 17.9 Å². The molecule has 2 nitrogen and oxygen atoms in total. The Kier molecular flexibility index (Phi) is 7.95. The summed E-state index contributed by atoms with van der Waals surface area (Å²) in [6.07, 6.45) is 0.232. The maximum Gasteiger partial charge on any atom is 0.241 e. The first-order valence-corrected chi connectivity index (χ1v) is 11.2. The Labute approximate surface area is 185 Å². The number of hydrogen-bond acceptors (Lipinski definition) is 2. The number of hydrogen-bond donors (Lipinski definition) is 0. The van der Waals surface area contributed by atoms with Crippen LogP contribution < -0.4 is 9.47 Å². The van der Waals surface area contributed by atoms with Crippen molar-refractivity contribution in [1.82, 2.24) is 0 Å². The summed E-state index contributed by atoms with van der Waals surface area (Å²) in [5.74, 6) is 1.38. The zero-order valence-corrected chi connectivity index (χ0v) is 21.2. The highest BCUT2D eigenvalue weighted by atomic mass is 79.9. The number of ether oxygens (including phenoxy) is 2. The zero-order chi connectivity index (χ0) is 17.1. The molecule has 0 unspecified atom stereocenters. The van der Waals surface area contributed by atoms with Crippen LogP contribution in [0.5, 0.6) is 11.5 Å². The highest BCUT2D eigenvalue weighted by molar-refractivity contribution is 9.13. The van der Waals surface area contributed by atoms with Crippen molar-refractivity contribution in [2.45, 2.75) is 19.6 Å². The minimum absolute atomic E-state index is 0.446. The van der Waals surface area contributed by atoms with Gasteiger partial charge in [-0.15, -0.1) is 0 Å². The molecule has 0 amide bonds. The van der Waals surface area contributed by atoms with E-state index >= 15 is 0 Å². The Balaban J connectivity index is 2.29. The van der Waals surface area contributed by atoms with Crippen LogP contribution in [0.4, 0.5) is 0 Å². The second-order valence-corrected chi connectivity index (χ2v) is 9.42. The number of rotatable bonds is 5. The Morgan fingerprint density at radius 1 is 0.696 bits per heavy atom. The maximum atomic E-state index is 6.06. The van der Waals surface area contributed by atoms with Crippen molar-refractivity contribution in [1.29, 1.82) is 0 Å². The molecule has 2 aromatic rings. The van der Waals surface area contributed by atoms with E-state index in [1.54, 1.807) is 0 Å². The van der Waals surface area contributed by atoms with Crippen molar-refractivity contribution in [3.63, 3.8) is 0 Å². The van der Waals surface area contributed by atoms with E-state index in [4.69, 9.17) is 9.47 Å². The lowest BCUT2D eigenvalue weighted by Gasteiger charge is -2.22. The lowest BCUT2D eigenvalue weighted by molar-refractivity contribution is 0.000910. The first-order valence-electron chi connectivity index (χ1n) is 6.45. The molecule has 0 heterocycles. The van der Waals surface area contributed by atoms with Gasteiger partial charge in [0.1, 0.15) is 0 Å². The van der Waals surface area contributed by atoms with Gasteiger partial charge in [0, 0.05) is 15.4 Å². The van der Waals surface area contributed by atoms with Gasteiger partial charge in [-0.1, -0.05) is 6.92 Å². The SMILES string of the molecule is CCC(Oc1c(Br)ccc(Br)c1Br)Oc1c(Br)ccc(Br)c1Br. The van der Waals surface area contributed by atoms with Gasteiger partial charge >= 0.3 is 0 Å². The normalized spacial score (nSPS) is 11.0. The van der Waals surface area contributed by atoms with Gasteiger partial charge in [0.2, 0.25) is 6.29 Å². The van der Waals surface area contributed by atoms with Crippen molar-refractivity contribution in [3.05, 3.63) is 51.1 Å². The van der Waals surface area contributed by atoms with Crippen LogP contribution in [0.15, 0.2) is 51.1 Å². The second-order valence-electron chi connectivity index (χ2n) is 4.42. The predicted molar refractivity (Wildman–Crippen MR) is 114 cm³/mol. The summed E-state index contributed by atoms with van der Waals surface area (Å²) in [5, 5.41) is 0. The van der Waals surface area contributed by atoms with E-state index in [2.05, 4.69) is 95.6 Å². The summed E-state index contributed by atoms with van der Waals surface area (Å²) >= 11 is 21.0. The molecule has 0 aromatic heterocycles. The Morgan fingerprint density at radius 2 is 1.04 bits per heavy atom. The molecule has 2 aromatic carbocycles. The lowest BCUT2D eigenvalue weighted by atomic mass is 10.3. The first kappa shape index (κ1) is 20.2. The van der Waals surface area contributed by atoms with Crippen LogP contribution in [-0.4, -0.2) is 6.29 Å². The van der Waals surface area contributed by atoms with Crippen LogP contribution in [0, 0.1) is 0 Å². The van der Waals surface area contributed by atoms with Crippen LogP contribution in [0.3, 0.4) is 0 Å². The third-order valence-electron chi connectivity index (χ3n) is 2.84. The van der Waals surface area contributed by atoms with Crippen molar-refractivity contribution >= 4 is 95.6 Å². The van der Waals surface area contributed by atoms with Crippen LogP contribution in [0.1, 0.15) is 13.3 Å². The summed E-state index contributed by atoms with van der Waals surface area (Å²) in [6.45, 7) is 2.00. The van der Waals surface area contributed by atoms with E-state index in [0.29, 0.717) is 17.9 Å². The largest absolute Gasteiger partial charge is 0.453 e.